The Labute approximate surface area is 152 Å². The van der Waals surface area contributed by atoms with Crippen molar-refractivity contribution in [3.8, 4) is 0 Å². The predicted molar refractivity (Wildman–Crippen MR) is 100 cm³/mol. The molecule has 0 saturated heterocycles. The molecule has 0 fully saturated rings. The summed E-state index contributed by atoms with van der Waals surface area (Å²) in [7, 11) is 0. The zero-order valence-corrected chi connectivity index (χ0v) is 16.5. The minimum Gasteiger partial charge on any atom is -0.371 e. The molecule has 0 aliphatic rings. The second-order valence-electron chi connectivity index (χ2n) is 6.14. The lowest BCUT2D eigenvalue weighted by Crippen LogP contribution is -2.39. The normalized spacial score (nSPS) is 14.4. The number of hydrogen-bond acceptors (Lipinski definition) is 5. The van der Waals surface area contributed by atoms with Crippen LogP contribution in [0.1, 0.15) is 78.1 Å². The van der Waals surface area contributed by atoms with Crippen molar-refractivity contribution in [1.29, 1.82) is 0 Å². The molecule has 1 rings (SSSR count). The van der Waals surface area contributed by atoms with Gasteiger partial charge in [0.25, 0.3) is 0 Å². The molecule has 144 valence electrons. The lowest BCUT2D eigenvalue weighted by Gasteiger charge is -2.17. The molecule has 7 nitrogen and oxygen atoms in total. The Bertz CT molecular complexity index is 490. The van der Waals surface area contributed by atoms with Crippen molar-refractivity contribution in [3.05, 3.63) is 11.7 Å². The molecule has 0 aliphatic heterocycles. The van der Waals surface area contributed by atoms with Crippen LogP contribution in [0, 0.1) is 5.92 Å². The first kappa shape index (κ1) is 21.4. The molecule has 2 N–H and O–H groups in total. The van der Waals surface area contributed by atoms with E-state index in [9.17, 15) is 0 Å². The molecule has 0 saturated carbocycles. The van der Waals surface area contributed by atoms with Gasteiger partial charge in [0.1, 0.15) is 12.6 Å². The van der Waals surface area contributed by atoms with Gasteiger partial charge in [-0.2, -0.15) is 4.98 Å². The summed E-state index contributed by atoms with van der Waals surface area (Å²) in [5, 5.41) is 10.6. The third-order valence-electron chi connectivity index (χ3n) is 4.08. The minimum atomic E-state index is -0.165. The van der Waals surface area contributed by atoms with Gasteiger partial charge in [-0.1, -0.05) is 38.3 Å². The van der Waals surface area contributed by atoms with Crippen LogP contribution >= 0.6 is 0 Å². The lowest BCUT2D eigenvalue weighted by molar-refractivity contribution is 0.0683. The summed E-state index contributed by atoms with van der Waals surface area (Å²) in [6.45, 7) is 13.1. The van der Waals surface area contributed by atoms with Gasteiger partial charge in [0.2, 0.25) is 5.89 Å². The first-order chi connectivity index (χ1) is 12.1. The van der Waals surface area contributed by atoms with E-state index in [1.54, 1.807) is 0 Å². The monoisotopic (exact) mass is 353 g/mol. The van der Waals surface area contributed by atoms with Crippen molar-refractivity contribution in [3.63, 3.8) is 0 Å². The van der Waals surface area contributed by atoms with Crippen molar-refractivity contribution in [2.45, 2.75) is 73.0 Å². The Balaban J connectivity index is 2.57. The smallest absolute Gasteiger partial charge is 0.248 e. The number of aliphatic imine (C=N–C) groups is 1. The number of unbranched alkanes of at least 4 members (excludes halogenated alkanes) is 1. The van der Waals surface area contributed by atoms with E-state index >= 15 is 0 Å². The van der Waals surface area contributed by atoms with Crippen molar-refractivity contribution < 1.29 is 9.26 Å². The van der Waals surface area contributed by atoms with Crippen molar-refractivity contribution in [2.24, 2.45) is 10.9 Å². The Morgan fingerprint density at radius 3 is 2.68 bits per heavy atom. The molecule has 0 aliphatic carbocycles. The maximum Gasteiger partial charge on any atom is 0.248 e. The van der Waals surface area contributed by atoms with E-state index in [0.29, 0.717) is 30.8 Å². The molecule has 1 heterocycles. The third kappa shape index (κ3) is 8.34. The number of ether oxygens (including phenoxy) is 1. The number of hydrogen-bond donors (Lipinski definition) is 2. The van der Waals surface area contributed by atoms with Crippen LogP contribution in [-0.2, 0) is 11.3 Å². The molecule has 0 bridgehead atoms. The lowest BCUT2D eigenvalue weighted by atomic mass is 9.99. The average molecular weight is 354 g/mol. The number of aromatic nitrogens is 2. The summed E-state index contributed by atoms with van der Waals surface area (Å²) in [4.78, 5) is 8.89. The highest BCUT2D eigenvalue weighted by atomic mass is 16.5. The molecule has 7 heteroatoms. The number of nitrogens with one attached hydrogen (secondary N) is 2. The van der Waals surface area contributed by atoms with Crippen molar-refractivity contribution >= 4 is 5.96 Å². The molecular formula is C18H35N5O2. The molecule has 1 aromatic rings. The van der Waals surface area contributed by atoms with Crippen LogP contribution in [0.2, 0.25) is 0 Å². The fourth-order valence-corrected chi connectivity index (χ4v) is 2.49. The number of guanidine groups is 1. The minimum absolute atomic E-state index is 0.165. The molecule has 1 aromatic heterocycles. The van der Waals surface area contributed by atoms with Crippen molar-refractivity contribution in [2.75, 3.05) is 19.7 Å². The van der Waals surface area contributed by atoms with Gasteiger partial charge in [-0.3, -0.25) is 0 Å². The van der Waals surface area contributed by atoms with Crippen LogP contribution in [0.3, 0.4) is 0 Å². The Morgan fingerprint density at radius 1 is 1.24 bits per heavy atom. The van der Waals surface area contributed by atoms with E-state index in [4.69, 9.17) is 9.26 Å². The molecule has 25 heavy (non-hydrogen) atoms. The average Bonchev–Trinajstić information content (AvgIpc) is 3.09. The fourth-order valence-electron chi connectivity index (χ4n) is 2.49. The summed E-state index contributed by atoms with van der Waals surface area (Å²) in [6.07, 6.45) is 4.78. The Morgan fingerprint density at radius 2 is 2.04 bits per heavy atom. The van der Waals surface area contributed by atoms with Gasteiger partial charge >= 0.3 is 0 Å². The van der Waals surface area contributed by atoms with Crippen LogP contribution in [0.25, 0.3) is 0 Å². The van der Waals surface area contributed by atoms with Crippen LogP contribution in [0.4, 0.5) is 0 Å². The summed E-state index contributed by atoms with van der Waals surface area (Å²) in [6, 6.07) is 0. The topological polar surface area (TPSA) is 84.6 Å². The second kappa shape index (κ2) is 12.7. The zero-order valence-electron chi connectivity index (χ0n) is 16.5. The first-order valence-electron chi connectivity index (χ1n) is 9.60. The van der Waals surface area contributed by atoms with E-state index in [2.05, 4.69) is 46.5 Å². The highest BCUT2D eigenvalue weighted by Gasteiger charge is 2.13. The van der Waals surface area contributed by atoms with E-state index in [1.807, 2.05) is 13.8 Å². The SMILES string of the molecule is CCCCC(CC)CNC(=NCc1nc(C(C)OCC)no1)NCC. The third-order valence-corrected chi connectivity index (χ3v) is 4.08. The van der Waals surface area contributed by atoms with Gasteiger partial charge in [-0.05, 0) is 33.1 Å². The van der Waals surface area contributed by atoms with Crippen LogP contribution in [-0.4, -0.2) is 35.8 Å². The number of nitrogens with zero attached hydrogens (tertiary/aromatic N) is 3. The summed E-state index contributed by atoms with van der Waals surface area (Å²) in [5.41, 5.74) is 0. The zero-order chi connectivity index (χ0) is 18.5. The highest BCUT2D eigenvalue weighted by molar-refractivity contribution is 5.79. The molecule has 0 radical (unpaired) electrons. The van der Waals surface area contributed by atoms with Gasteiger partial charge in [0.15, 0.2) is 11.8 Å². The van der Waals surface area contributed by atoms with Crippen LogP contribution < -0.4 is 10.6 Å². The predicted octanol–water partition coefficient (Wildman–Crippen LogP) is 3.44. The van der Waals surface area contributed by atoms with Crippen LogP contribution in [0.15, 0.2) is 9.52 Å². The summed E-state index contributed by atoms with van der Waals surface area (Å²) in [5.74, 6) is 2.52. The van der Waals surface area contributed by atoms with E-state index in [0.717, 1.165) is 19.0 Å². The molecular weight excluding hydrogens is 318 g/mol. The highest BCUT2D eigenvalue weighted by Crippen LogP contribution is 2.13. The van der Waals surface area contributed by atoms with E-state index in [1.165, 1.54) is 25.7 Å². The first-order valence-corrected chi connectivity index (χ1v) is 9.60. The second-order valence-corrected chi connectivity index (χ2v) is 6.14. The van der Waals surface area contributed by atoms with Crippen LogP contribution in [0.5, 0.6) is 0 Å². The summed E-state index contributed by atoms with van der Waals surface area (Å²) >= 11 is 0. The number of rotatable bonds is 12. The fraction of sp³-hybridized carbons (Fsp3) is 0.833. The largest absolute Gasteiger partial charge is 0.371 e. The van der Waals surface area contributed by atoms with E-state index < -0.39 is 0 Å². The van der Waals surface area contributed by atoms with Gasteiger partial charge in [0, 0.05) is 19.7 Å². The molecule has 2 atom stereocenters. The maximum atomic E-state index is 5.47. The molecule has 0 amide bonds. The van der Waals surface area contributed by atoms with E-state index in [-0.39, 0.29) is 6.10 Å². The Hall–Kier alpha value is -1.63. The maximum absolute atomic E-state index is 5.47. The quantitative estimate of drug-likeness (QED) is 0.442. The van der Waals surface area contributed by atoms with Gasteiger partial charge in [-0.15, -0.1) is 0 Å². The molecule has 2 unspecified atom stereocenters. The molecule has 0 spiro atoms. The Kier molecular flexibility index (Phi) is 10.9. The molecule has 0 aromatic carbocycles. The van der Waals surface area contributed by atoms with Gasteiger partial charge in [0.05, 0.1) is 0 Å². The summed E-state index contributed by atoms with van der Waals surface area (Å²) < 4.78 is 10.7. The standard InChI is InChI=1S/C18H35N5O2/c1-6-10-11-15(7-2)12-20-18(19-8-3)21-13-16-22-17(23-25-16)14(5)24-9-4/h14-15H,6-13H2,1-5H3,(H2,19,20,21). The van der Waals surface area contributed by atoms with Gasteiger partial charge < -0.3 is 19.9 Å². The van der Waals surface area contributed by atoms with Crippen molar-refractivity contribution in [1.82, 2.24) is 20.8 Å². The van der Waals surface area contributed by atoms with Gasteiger partial charge in [-0.25, -0.2) is 4.99 Å².